The molecule has 4 rings (SSSR count). The summed E-state index contributed by atoms with van der Waals surface area (Å²) in [4.78, 5) is 9.76. The minimum Gasteiger partial charge on any atom is -0.456 e. The molecule has 0 fully saturated rings. The third-order valence-electron chi connectivity index (χ3n) is 3.91. The summed E-state index contributed by atoms with van der Waals surface area (Å²) in [5.74, 6) is -12.6. The molecule has 30 heavy (non-hydrogen) atoms. The Hall–Kier alpha value is -3.31. The van der Waals surface area contributed by atoms with Gasteiger partial charge in [-0.1, -0.05) is 24.3 Å². The van der Waals surface area contributed by atoms with Gasteiger partial charge in [0.1, 0.15) is 11.2 Å². The van der Waals surface area contributed by atoms with Crippen molar-refractivity contribution < 1.29 is 39.3 Å². The number of halogens is 5. The third kappa shape index (κ3) is 3.76. The molecule has 0 spiro atoms. The minimum atomic E-state index is -5.52. The fourth-order valence-corrected chi connectivity index (χ4v) is 3.19. The number of hydrogen-bond acceptors (Lipinski definition) is 4. The highest BCUT2D eigenvalue weighted by Gasteiger charge is 2.32. The van der Waals surface area contributed by atoms with Crippen molar-refractivity contribution in [2.24, 2.45) is 0 Å². The van der Waals surface area contributed by atoms with Crippen LogP contribution >= 0.6 is 0 Å². The predicted octanol–water partition coefficient (Wildman–Crippen LogP) is 4.58. The van der Waals surface area contributed by atoms with Crippen molar-refractivity contribution in [3.63, 3.8) is 0 Å². The zero-order valence-electron chi connectivity index (χ0n) is 14.5. The van der Waals surface area contributed by atoms with E-state index in [9.17, 15) is 35.2 Å². The summed E-state index contributed by atoms with van der Waals surface area (Å²) in [6, 6.07) is 14.6. The van der Waals surface area contributed by atoms with Crippen LogP contribution in [0.1, 0.15) is 0 Å². The molecule has 1 heterocycles. The van der Waals surface area contributed by atoms with Gasteiger partial charge in [-0.05, 0) is 24.3 Å². The van der Waals surface area contributed by atoms with Crippen LogP contribution in [0.3, 0.4) is 0 Å². The number of hydrogen-bond donors (Lipinski definition) is 1. The molecule has 3 aromatic carbocycles. The second kappa shape index (κ2) is 7.84. The molecule has 0 unspecified atom stereocenters. The van der Waals surface area contributed by atoms with Gasteiger partial charge >= 0.3 is 10.1 Å². The molecule has 0 aliphatic carbocycles. The van der Waals surface area contributed by atoms with E-state index in [0.29, 0.717) is 21.9 Å². The van der Waals surface area contributed by atoms with Crippen molar-refractivity contribution in [3.05, 3.63) is 87.8 Å². The first-order valence-electron chi connectivity index (χ1n) is 7.93. The summed E-state index contributed by atoms with van der Waals surface area (Å²) >= 11 is 0. The quantitative estimate of drug-likeness (QED) is 0.153. The molecular weight excluding hydrogens is 435 g/mol. The zero-order valence-corrected chi connectivity index (χ0v) is 15.3. The maximum absolute atomic E-state index is 12.6. The molecule has 1 N–H and O–H groups in total. The van der Waals surface area contributed by atoms with E-state index in [-0.39, 0.29) is 5.43 Å². The van der Waals surface area contributed by atoms with Crippen molar-refractivity contribution in [2.45, 2.75) is 4.90 Å². The molecule has 156 valence electrons. The van der Waals surface area contributed by atoms with Crippen molar-refractivity contribution >= 4 is 32.1 Å². The monoisotopic (exact) mass is 444 g/mol. The number of benzene rings is 3. The van der Waals surface area contributed by atoms with E-state index < -0.39 is 44.1 Å². The van der Waals surface area contributed by atoms with E-state index in [0.717, 1.165) is 0 Å². The lowest BCUT2D eigenvalue weighted by molar-refractivity contribution is 0.352. The fraction of sp³-hybridized carbons (Fsp3) is 0. The Kier molecular flexibility index (Phi) is 5.59. The van der Waals surface area contributed by atoms with Gasteiger partial charge in [0.05, 0.1) is 10.8 Å². The Bertz CT molecular complexity index is 1360. The molecule has 0 bridgehead atoms. The third-order valence-corrected chi connectivity index (χ3v) is 4.79. The summed E-state index contributed by atoms with van der Waals surface area (Å²) in [7, 11) is -5.52. The number of fused-ring (bicyclic) bond motifs is 2. The molecule has 0 radical (unpaired) electrons. The SMILES string of the molecule is O=S(=O)(O)c1c(F)c(F)c(F)c(F)c1F.O=c1c2ccccc2oc2ccccc12. The van der Waals surface area contributed by atoms with Crippen LogP contribution in [0.2, 0.25) is 0 Å². The Morgan fingerprint density at radius 2 is 1.03 bits per heavy atom. The maximum Gasteiger partial charge on any atom is 0.300 e. The van der Waals surface area contributed by atoms with E-state index in [4.69, 9.17) is 8.97 Å². The van der Waals surface area contributed by atoms with Crippen LogP contribution in [-0.2, 0) is 10.1 Å². The highest BCUT2D eigenvalue weighted by molar-refractivity contribution is 7.85. The van der Waals surface area contributed by atoms with Crippen LogP contribution < -0.4 is 5.43 Å². The van der Waals surface area contributed by atoms with Crippen LogP contribution in [0.4, 0.5) is 22.0 Å². The topological polar surface area (TPSA) is 84.6 Å². The summed E-state index contributed by atoms with van der Waals surface area (Å²) in [6.45, 7) is 0. The van der Waals surface area contributed by atoms with Gasteiger partial charge < -0.3 is 4.42 Å². The van der Waals surface area contributed by atoms with Gasteiger partial charge in [-0.2, -0.15) is 8.42 Å². The van der Waals surface area contributed by atoms with Crippen LogP contribution in [0, 0.1) is 29.1 Å². The first-order valence-corrected chi connectivity index (χ1v) is 9.37. The van der Waals surface area contributed by atoms with Crippen LogP contribution in [0.15, 0.2) is 62.6 Å². The zero-order chi connectivity index (χ0) is 22.2. The van der Waals surface area contributed by atoms with Gasteiger partial charge in [-0.15, -0.1) is 0 Å². The average molecular weight is 444 g/mol. The molecule has 0 aliphatic heterocycles. The number of rotatable bonds is 1. The van der Waals surface area contributed by atoms with Crippen molar-refractivity contribution in [1.29, 1.82) is 0 Å². The predicted molar refractivity (Wildman–Crippen MR) is 96.0 cm³/mol. The second-order valence-corrected chi connectivity index (χ2v) is 7.16. The Labute approximate surface area is 164 Å². The summed E-state index contributed by atoms with van der Waals surface area (Å²) in [6.07, 6.45) is 0. The van der Waals surface area contributed by atoms with Crippen molar-refractivity contribution in [3.8, 4) is 0 Å². The average Bonchev–Trinajstić information content (AvgIpc) is 2.71. The first kappa shape index (κ1) is 21.4. The van der Waals surface area contributed by atoms with Crippen LogP contribution in [0.5, 0.6) is 0 Å². The molecule has 0 saturated carbocycles. The summed E-state index contributed by atoms with van der Waals surface area (Å²) in [5.41, 5.74) is 1.31. The van der Waals surface area contributed by atoms with Crippen molar-refractivity contribution in [1.82, 2.24) is 0 Å². The lowest BCUT2D eigenvalue weighted by Crippen LogP contribution is -2.11. The Balaban J connectivity index is 0.000000171. The molecule has 0 saturated heterocycles. The molecule has 0 amide bonds. The second-order valence-electron chi connectivity index (χ2n) is 5.80. The smallest absolute Gasteiger partial charge is 0.300 e. The summed E-state index contributed by atoms with van der Waals surface area (Å²) in [5, 5.41) is 1.27. The lowest BCUT2D eigenvalue weighted by atomic mass is 10.1. The standard InChI is InChI=1S/C13H8O2.C6HF5O3S/c14-13-9-5-1-3-7-11(9)15-12-8-4-2-6-10(12)13;7-1-2(8)4(10)6(15(12,13)14)5(11)3(1)9/h1-8H;(H,12,13,14). The van der Waals surface area contributed by atoms with Crippen LogP contribution in [0.25, 0.3) is 21.9 Å². The van der Waals surface area contributed by atoms with E-state index >= 15 is 0 Å². The fourth-order valence-electron chi connectivity index (χ4n) is 2.56. The highest BCUT2D eigenvalue weighted by atomic mass is 32.2. The van der Waals surface area contributed by atoms with E-state index in [2.05, 4.69) is 0 Å². The summed E-state index contributed by atoms with van der Waals surface area (Å²) < 4.78 is 96.9. The van der Waals surface area contributed by atoms with Gasteiger partial charge in [0.15, 0.2) is 28.2 Å². The van der Waals surface area contributed by atoms with E-state index in [1.807, 2.05) is 36.4 Å². The van der Waals surface area contributed by atoms with Gasteiger partial charge in [0.2, 0.25) is 11.2 Å². The molecule has 11 heteroatoms. The number of para-hydroxylation sites is 2. The molecule has 0 aliphatic rings. The molecule has 0 atom stereocenters. The van der Waals surface area contributed by atoms with Crippen LogP contribution in [-0.4, -0.2) is 13.0 Å². The van der Waals surface area contributed by atoms with Gasteiger partial charge in [0.25, 0.3) is 0 Å². The largest absolute Gasteiger partial charge is 0.456 e. The lowest BCUT2D eigenvalue weighted by Gasteiger charge is -2.04. The molecule has 4 aromatic rings. The molecule has 1 aromatic heterocycles. The van der Waals surface area contributed by atoms with E-state index in [1.165, 1.54) is 0 Å². The molecular formula is C19H9F5O5S. The molecule has 5 nitrogen and oxygen atoms in total. The van der Waals surface area contributed by atoms with Gasteiger partial charge in [-0.3, -0.25) is 9.35 Å². The van der Waals surface area contributed by atoms with E-state index in [1.54, 1.807) is 12.1 Å². The maximum atomic E-state index is 12.6. The first-order chi connectivity index (χ1) is 14.0. The van der Waals surface area contributed by atoms with Gasteiger partial charge in [0, 0.05) is 0 Å². The highest BCUT2D eigenvalue weighted by Crippen LogP contribution is 2.26. The Morgan fingerprint density at radius 1 is 0.667 bits per heavy atom. The van der Waals surface area contributed by atoms with Crippen molar-refractivity contribution in [2.75, 3.05) is 0 Å². The Morgan fingerprint density at radius 3 is 1.43 bits per heavy atom. The minimum absolute atomic E-state index is 0.0347. The normalized spacial score (nSPS) is 11.4. The van der Waals surface area contributed by atoms with Gasteiger partial charge in [-0.25, -0.2) is 22.0 Å².